The average Bonchev–Trinajstić information content (AvgIpc) is 2.70. The fourth-order valence-electron chi connectivity index (χ4n) is 2.50. The summed E-state index contributed by atoms with van der Waals surface area (Å²) in [7, 11) is 0. The molecule has 0 saturated heterocycles. The molecule has 0 aliphatic rings. The summed E-state index contributed by atoms with van der Waals surface area (Å²) in [4.78, 5) is 12.7. The van der Waals surface area contributed by atoms with E-state index in [0.717, 1.165) is 5.56 Å². The molecule has 29 heavy (non-hydrogen) atoms. The maximum Gasteiger partial charge on any atom is 0.271 e. The second kappa shape index (κ2) is 10.9. The highest BCUT2D eigenvalue weighted by molar-refractivity contribution is 6.42. The van der Waals surface area contributed by atoms with Crippen molar-refractivity contribution in [2.24, 2.45) is 5.10 Å². The van der Waals surface area contributed by atoms with E-state index in [2.05, 4.69) is 10.5 Å². The molecule has 0 radical (unpaired) electrons. The van der Waals surface area contributed by atoms with Gasteiger partial charge in [-0.15, -0.1) is 0 Å². The molecule has 2 rings (SSSR count). The van der Waals surface area contributed by atoms with Crippen LogP contribution in [0.1, 0.15) is 43.6 Å². The molecule has 0 heterocycles. The first kappa shape index (κ1) is 22.8. The van der Waals surface area contributed by atoms with Gasteiger partial charge in [0.15, 0.2) is 11.5 Å². The summed E-state index contributed by atoms with van der Waals surface area (Å²) in [6, 6.07) is 8.35. The number of ether oxygens (including phenoxy) is 3. The zero-order valence-corrected chi connectivity index (χ0v) is 18.4. The van der Waals surface area contributed by atoms with Crippen molar-refractivity contribution in [3.63, 3.8) is 0 Å². The van der Waals surface area contributed by atoms with Crippen molar-refractivity contribution >= 4 is 34.8 Å². The van der Waals surface area contributed by atoms with Gasteiger partial charge < -0.3 is 14.2 Å². The van der Waals surface area contributed by atoms with E-state index in [4.69, 9.17) is 37.4 Å². The minimum atomic E-state index is -0.408. The highest BCUT2D eigenvalue weighted by Gasteiger charge is 2.18. The molecule has 0 fully saturated rings. The number of hydrogen-bond acceptors (Lipinski definition) is 5. The zero-order valence-electron chi connectivity index (χ0n) is 16.8. The number of hydrazone groups is 1. The largest absolute Gasteiger partial charge is 0.490 e. The molecule has 2 aromatic rings. The number of nitrogens with one attached hydrogen (secondary N) is 1. The van der Waals surface area contributed by atoms with E-state index in [0.29, 0.717) is 58.4 Å². The van der Waals surface area contributed by atoms with Gasteiger partial charge in [-0.25, -0.2) is 5.43 Å². The third kappa shape index (κ3) is 6.02. The van der Waals surface area contributed by atoms with Crippen LogP contribution in [0.4, 0.5) is 0 Å². The second-order valence-electron chi connectivity index (χ2n) is 5.87. The van der Waals surface area contributed by atoms with E-state index in [-0.39, 0.29) is 0 Å². The first-order chi connectivity index (χ1) is 13.9. The Hall–Kier alpha value is -2.44. The monoisotopic (exact) mass is 438 g/mol. The standard InChI is InChI=1S/C21H24Cl2N2O4/c1-5-27-18-11-15(12-19(28-6-2)20(18)29-7-3)21(26)25-24-13(4)14-8-9-16(22)17(23)10-14/h8-12H,5-7H2,1-4H3,(H,25,26). The molecule has 0 aliphatic carbocycles. The lowest BCUT2D eigenvalue weighted by Gasteiger charge is -2.16. The Morgan fingerprint density at radius 3 is 2.00 bits per heavy atom. The molecule has 1 amide bonds. The number of carbonyl (C=O) groups excluding carboxylic acids is 1. The zero-order chi connectivity index (χ0) is 21.4. The fourth-order valence-corrected chi connectivity index (χ4v) is 2.80. The summed E-state index contributed by atoms with van der Waals surface area (Å²) >= 11 is 12.0. The molecule has 0 spiro atoms. The molecule has 8 heteroatoms. The highest BCUT2D eigenvalue weighted by Crippen LogP contribution is 2.39. The Balaban J connectivity index is 2.29. The smallest absolute Gasteiger partial charge is 0.271 e. The number of rotatable bonds is 9. The van der Waals surface area contributed by atoms with Crippen LogP contribution in [0.3, 0.4) is 0 Å². The van der Waals surface area contributed by atoms with E-state index in [1.807, 2.05) is 20.8 Å². The molecule has 0 bridgehead atoms. The molecule has 0 aliphatic heterocycles. The van der Waals surface area contributed by atoms with Gasteiger partial charge in [0.05, 0.1) is 35.6 Å². The SMILES string of the molecule is CCOc1cc(C(=O)NN=C(C)c2ccc(Cl)c(Cl)c2)cc(OCC)c1OCC. The van der Waals surface area contributed by atoms with E-state index >= 15 is 0 Å². The van der Waals surface area contributed by atoms with Crippen LogP contribution < -0.4 is 19.6 Å². The number of carbonyl (C=O) groups is 1. The van der Waals surface area contributed by atoms with Crippen LogP contribution in [0.2, 0.25) is 10.0 Å². The van der Waals surface area contributed by atoms with E-state index in [9.17, 15) is 4.79 Å². The van der Waals surface area contributed by atoms with Gasteiger partial charge in [0.1, 0.15) is 0 Å². The van der Waals surface area contributed by atoms with Crippen molar-refractivity contribution in [3.8, 4) is 17.2 Å². The topological polar surface area (TPSA) is 69.2 Å². The second-order valence-corrected chi connectivity index (χ2v) is 6.68. The van der Waals surface area contributed by atoms with Gasteiger partial charge in [-0.2, -0.15) is 5.10 Å². The quantitative estimate of drug-likeness (QED) is 0.423. The van der Waals surface area contributed by atoms with Gasteiger partial charge in [0, 0.05) is 5.56 Å². The molecule has 6 nitrogen and oxygen atoms in total. The van der Waals surface area contributed by atoms with E-state index < -0.39 is 5.91 Å². The van der Waals surface area contributed by atoms with Crippen molar-refractivity contribution in [3.05, 3.63) is 51.5 Å². The van der Waals surface area contributed by atoms with Gasteiger partial charge in [-0.05, 0) is 57.5 Å². The molecule has 0 saturated carbocycles. The van der Waals surface area contributed by atoms with Gasteiger partial charge in [0.25, 0.3) is 5.91 Å². The van der Waals surface area contributed by atoms with Crippen LogP contribution in [0.25, 0.3) is 0 Å². The Labute approximate surface area is 180 Å². The minimum Gasteiger partial charge on any atom is -0.490 e. The maximum absolute atomic E-state index is 12.7. The summed E-state index contributed by atoms with van der Waals surface area (Å²) in [6.07, 6.45) is 0. The Kier molecular flexibility index (Phi) is 8.61. The number of amides is 1. The fraction of sp³-hybridized carbons (Fsp3) is 0.333. The molecule has 2 aromatic carbocycles. The van der Waals surface area contributed by atoms with Gasteiger partial charge in [0.2, 0.25) is 5.75 Å². The normalized spacial score (nSPS) is 11.2. The van der Waals surface area contributed by atoms with E-state index in [1.165, 1.54) is 0 Å². The third-order valence-corrected chi connectivity index (χ3v) is 4.57. The average molecular weight is 439 g/mol. The van der Waals surface area contributed by atoms with Crippen LogP contribution in [0.5, 0.6) is 17.2 Å². The first-order valence-corrected chi connectivity index (χ1v) is 10.0. The number of hydrogen-bond donors (Lipinski definition) is 1. The molecular weight excluding hydrogens is 415 g/mol. The molecule has 0 aromatic heterocycles. The summed E-state index contributed by atoms with van der Waals surface area (Å²) < 4.78 is 16.9. The lowest BCUT2D eigenvalue weighted by molar-refractivity contribution is 0.0953. The van der Waals surface area contributed by atoms with Crippen molar-refractivity contribution in [1.29, 1.82) is 0 Å². The molecule has 1 N–H and O–H groups in total. The predicted octanol–water partition coefficient (Wildman–Crippen LogP) is 5.34. The Bertz CT molecular complexity index is 873. The number of benzene rings is 2. The van der Waals surface area contributed by atoms with Crippen molar-refractivity contribution in [2.45, 2.75) is 27.7 Å². The van der Waals surface area contributed by atoms with Gasteiger partial charge >= 0.3 is 0 Å². The summed E-state index contributed by atoms with van der Waals surface area (Å²) in [6.45, 7) is 8.62. The molecule has 156 valence electrons. The summed E-state index contributed by atoms with van der Waals surface area (Å²) in [5.74, 6) is 0.948. The van der Waals surface area contributed by atoms with Crippen LogP contribution in [-0.4, -0.2) is 31.4 Å². The summed E-state index contributed by atoms with van der Waals surface area (Å²) in [5.41, 5.74) is 4.21. The van der Waals surface area contributed by atoms with Gasteiger partial charge in [-0.1, -0.05) is 29.3 Å². The maximum atomic E-state index is 12.7. The minimum absolute atomic E-state index is 0.339. The molecular formula is C21H24Cl2N2O4. The van der Waals surface area contributed by atoms with Crippen molar-refractivity contribution in [1.82, 2.24) is 5.43 Å². The van der Waals surface area contributed by atoms with Gasteiger partial charge in [-0.3, -0.25) is 4.79 Å². The molecule has 0 atom stereocenters. The lowest BCUT2D eigenvalue weighted by atomic mass is 10.1. The predicted molar refractivity (Wildman–Crippen MR) is 116 cm³/mol. The van der Waals surface area contributed by atoms with E-state index in [1.54, 1.807) is 37.3 Å². The number of nitrogens with zero attached hydrogens (tertiary/aromatic N) is 1. The lowest BCUT2D eigenvalue weighted by Crippen LogP contribution is -2.20. The number of halogens is 2. The first-order valence-electron chi connectivity index (χ1n) is 9.27. The Morgan fingerprint density at radius 1 is 0.897 bits per heavy atom. The van der Waals surface area contributed by atoms with Crippen molar-refractivity contribution < 1.29 is 19.0 Å². The molecule has 0 unspecified atom stereocenters. The highest BCUT2D eigenvalue weighted by atomic mass is 35.5. The van der Waals surface area contributed by atoms with Crippen LogP contribution in [-0.2, 0) is 0 Å². The summed E-state index contributed by atoms with van der Waals surface area (Å²) in [5, 5.41) is 5.02. The Morgan fingerprint density at radius 2 is 1.48 bits per heavy atom. The van der Waals surface area contributed by atoms with Crippen LogP contribution in [0, 0.1) is 0 Å². The van der Waals surface area contributed by atoms with Crippen LogP contribution in [0.15, 0.2) is 35.4 Å². The third-order valence-electron chi connectivity index (χ3n) is 3.83. The van der Waals surface area contributed by atoms with Crippen molar-refractivity contribution in [2.75, 3.05) is 19.8 Å². The van der Waals surface area contributed by atoms with Crippen LogP contribution >= 0.6 is 23.2 Å².